The highest BCUT2D eigenvalue weighted by atomic mass is 19.1. The molecule has 0 unspecified atom stereocenters. The highest BCUT2D eigenvalue weighted by molar-refractivity contribution is 5.97. The number of aryl methyl sites for hydroxylation is 1. The number of carbonyl (C=O) groups excluding carboxylic acids is 2. The number of fused-ring (bicyclic) bond motifs is 2. The summed E-state index contributed by atoms with van der Waals surface area (Å²) in [6, 6.07) is 10.1. The van der Waals surface area contributed by atoms with Crippen molar-refractivity contribution in [2.45, 2.75) is 39.3 Å². The molecule has 190 valence electrons. The summed E-state index contributed by atoms with van der Waals surface area (Å²) in [5.74, 6) is -2.08. The molecule has 1 aromatic carbocycles. The van der Waals surface area contributed by atoms with Gasteiger partial charge in [-0.05, 0) is 62.6 Å². The number of pyridine rings is 2. The number of aromatic nitrogens is 3. The average Bonchev–Trinajstić information content (AvgIpc) is 3.39. The fraction of sp³-hybridized carbons (Fsp3) is 0.296. The van der Waals surface area contributed by atoms with Gasteiger partial charge in [-0.2, -0.15) is 4.99 Å². The van der Waals surface area contributed by atoms with Crippen molar-refractivity contribution in [2.75, 3.05) is 13.2 Å². The van der Waals surface area contributed by atoms with Crippen LogP contribution < -0.4 is 11.0 Å². The molecule has 1 aliphatic rings. The van der Waals surface area contributed by atoms with E-state index in [0.717, 1.165) is 24.5 Å². The van der Waals surface area contributed by atoms with Crippen LogP contribution in [0.3, 0.4) is 0 Å². The second kappa shape index (κ2) is 10.1. The van der Waals surface area contributed by atoms with E-state index < -0.39 is 17.7 Å². The molecule has 9 nitrogen and oxygen atoms in total. The van der Waals surface area contributed by atoms with Crippen molar-refractivity contribution in [2.24, 2.45) is 4.99 Å². The zero-order valence-corrected chi connectivity index (χ0v) is 20.4. The van der Waals surface area contributed by atoms with Gasteiger partial charge in [0.15, 0.2) is 5.49 Å². The Bertz CT molecular complexity index is 1670. The van der Waals surface area contributed by atoms with Crippen molar-refractivity contribution >= 4 is 28.6 Å². The lowest BCUT2D eigenvalue weighted by Gasteiger charge is -2.18. The van der Waals surface area contributed by atoms with E-state index in [1.165, 1.54) is 28.7 Å². The number of nitrogens with zero attached hydrogens (tertiary/aromatic N) is 4. The minimum Gasteiger partial charge on any atom is -0.462 e. The lowest BCUT2D eigenvalue weighted by molar-refractivity contribution is 0.0521. The van der Waals surface area contributed by atoms with Crippen LogP contribution in [0.5, 0.6) is 0 Å². The van der Waals surface area contributed by atoms with Gasteiger partial charge in [-0.1, -0.05) is 12.1 Å². The second-order valence-electron chi connectivity index (χ2n) is 8.81. The topological polar surface area (TPSA) is 104 Å². The molecule has 1 amide bonds. The average molecular weight is 505 g/mol. The van der Waals surface area contributed by atoms with E-state index in [4.69, 9.17) is 14.5 Å². The van der Waals surface area contributed by atoms with Crippen LogP contribution in [-0.2, 0) is 16.0 Å². The molecule has 4 heterocycles. The summed E-state index contributed by atoms with van der Waals surface area (Å²) < 4.78 is 27.9. The minimum atomic E-state index is -0.751. The minimum absolute atomic E-state index is 0.0148. The molecular weight excluding hydrogens is 479 g/mol. The van der Waals surface area contributed by atoms with Gasteiger partial charge in [-0.25, -0.2) is 14.2 Å². The first-order valence-electron chi connectivity index (χ1n) is 12.1. The molecule has 0 N–H and O–H groups in total. The maximum atomic E-state index is 13.8. The Labute approximate surface area is 210 Å². The van der Waals surface area contributed by atoms with Gasteiger partial charge in [0.25, 0.3) is 11.5 Å². The van der Waals surface area contributed by atoms with E-state index in [1.54, 1.807) is 23.8 Å². The third kappa shape index (κ3) is 4.67. The van der Waals surface area contributed by atoms with Crippen LogP contribution in [0.25, 0.3) is 16.7 Å². The Morgan fingerprint density at radius 2 is 2.05 bits per heavy atom. The lowest BCUT2D eigenvalue weighted by atomic mass is 10.1. The third-order valence-electron chi connectivity index (χ3n) is 6.29. The van der Waals surface area contributed by atoms with Crippen molar-refractivity contribution in [3.05, 3.63) is 87.0 Å². The molecule has 10 heteroatoms. The summed E-state index contributed by atoms with van der Waals surface area (Å²) in [6.45, 7) is 4.35. The number of rotatable bonds is 5. The van der Waals surface area contributed by atoms with Crippen molar-refractivity contribution in [3.8, 4) is 0 Å². The first-order valence-corrected chi connectivity index (χ1v) is 12.1. The Hall–Kier alpha value is -4.18. The predicted molar refractivity (Wildman–Crippen MR) is 133 cm³/mol. The number of ether oxygens (including phenoxy) is 2. The van der Waals surface area contributed by atoms with Gasteiger partial charge in [-0.3, -0.25) is 14.0 Å². The van der Waals surface area contributed by atoms with Crippen molar-refractivity contribution in [1.29, 1.82) is 0 Å². The van der Waals surface area contributed by atoms with E-state index in [1.807, 2.05) is 13.0 Å². The molecule has 4 aromatic rings. The van der Waals surface area contributed by atoms with Gasteiger partial charge in [0.1, 0.15) is 22.7 Å². The number of amides is 1. The Morgan fingerprint density at radius 3 is 2.78 bits per heavy atom. The number of hydrogen-bond acceptors (Lipinski definition) is 6. The number of halogens is 1. The molecule has 0 bridgehead atoms. The summed E-state index contributed by atoms with van der Waals surface area (Å²) >= 11 is 0. The molecule has 0 saturated carbocycles. The fourth-order valence-electron chi connectivity index (χ4n) is 4.51. The Balaban J connectivity index is 1.88. The van der Waals surface area contributed by atoms with Gasteiger partial charge in [-0.15, -0.1) is 0 Å². The number of esters is 1. The van der Waals surface area contributed by atoms with Crippen LogP contribution in [0.2, 0.25) is 0 Å². The number of hydrogen-bond donors (Lipinski definition) is 0. The summed E-state index contributed by atoms with van der Waals surface area (Å²) in [4.78, 5) is 48.8. The summed E-state index contributed by atoms with van der Waals surface area (Å²) in [5, 5.41) is 0.168. The molecule has 1 atom stereocenters. The summed E-state index contributed by atoms with van der Waals surface area (Å²) in [5.41, 5.74) is 1.01. The van der Waals surface area contributed by atoms with Gasteiger partial charge < -0.3 is 14.0 Å². The van der Waals surface area contributed by atoms with Crippen LogP contribution in [0.1, 0.15) is 46.0 Å². The van der Waals surface area contributed by atoms with Gasteiger partial charge in [0.05, 0.1) is 24.6 Å². The molecule has 0 aliphatic carbocycles. The van der Waals surface area contributed by atoms with E-state index in [9.17, 15) is 18.8 Å². The Kier molecular flexibility index (Phi) is 6.66. The summed E-state index contributed by atoms with van der Waals surface area (Å²) in [6.07, 6.45) is 2.98. The highest BCUT2D eigenvalue weighted by Gasteiger charge is 2.24. The number of benzene rings is 1. The third-order valence-corrected chi connectivity index (χ3v) is 6.29. The SMILES string of the molecule is CCOC(=O)c1cc2c(=O)n3cccc(C)c3nc2n(C[C@H]2CCCO2)c1=NC(=O)c1cccc(F)c1. The summed E-state index contributed by atoms with van der Waals surface area (Å²) in [7, 11) is 0. The largest absolute Gasteiger partial charge is 0.462 e. The monoisotopic (exact) mass is 504 g/mol. The number of carbonyl (C=O) groups is 2. The molecule has 0 spiro atoms. The molecule has 1 aliphatic heterocycles. The normalized spacial score (nSPS) is 16.0. The smallest absolute Gasteiger partial charge is 0.341 e. The molecule has 3 aromatic heterocycles. The molecule has 37 heavy (non-hydrogen) atoms. The van der Waals surface area contributed by atoms with Crippen LogP contribution in [0.15, 0.2) is 58.4 Å². The second-order valence-corrected chi connectivity index (χ2v) is 8.81. The lowest BCUT2D eigenvalue weighted by Crippen LogP contribution is -2.35. The van der Waals surface area contributed by atoms with Crippen LogP contribution in [0.4, 0.5) is 4.39 Å². The highest BCUT2D eigenvalue weighted by Crippen LogP contribution is 2.18. The zero-order valence-electron chi connectivity index (χ0n) is 20.4. The molecule has 1 saturated heterocycles. The van der Waals surface area contributed by atoms with Crippen molar-refractivity contribution in [3.63, 3.8) is 0 Å². The van der Waals surface area contributed by atoms with Crippen LogP contribution >= 0.6 is 0 Å². The quantitative estimate of drug-likeness (QED) is 0.305. The van der Waals surface area contributed by atoms with E-state index in [2.05, 4.69) is 4.99 Å². The van der Waals surface area contributed by atoms with Gasteiger partial charge >= 0.3 is 5.97 Å². The van der Waals surface area contributed by atoms with Gasteiger partial charge in [0.2, 0.25) is 0 Å². The van der Waals surface area contributed by atoms with E-state index >= 15 is 0 Å². The molecule has 5 rings (SSSR count). The maximum absolute atomic E-state index is 13.8. The zero-order chi connectivity index (χ0) is 26.1. The predicted octanol–water partition coefficient (Wildman–Crippen LogP) is 3.19. The van der Waals surface area contributed by atoms with E-state index in [-0.39, 0.29) is 52.5 Å². The fourth-order valence-corrected chi connectivity index (χ4v) is 4.51. The van der Waals surface area contributed by atoms with Crippen molar-refractivity contribution < 1.29 is 23.5 Å². The van der Waals surface area contributed by atoms with Crippen LogP contribution in [-0.4, -0.2) is 45.1 Å². The standard InChI is InChI=1S/C27H25FN4O5/c1-3-36-27(35)21-14-20-23(29-22-16(2)7-5-11-31(22)26(20)34)32(15-19-10-6-12-37-19)24(21)30-25(33)17-8-4-9-18(28)13-17/h4-5,7-9,11,13-14,19H,3,6,10,12,15H2,1-2H3/t19-/m1/s1. The first-order chi connectivity index (χ1) is 17.9. The van der Waals surface area contributed by atoms with Crippen molar-refractivity contribution in [1.82, 2.24) is 14.0 Å². The van der Waals surface area contributed by atoms with Gasteiger partial charge in [0, 0.05) is 18.4 Å². The van der Waals surface area contributed by atoms with Crippen LogP contribution in [0, 0.1) is 12.7 Å². The van der Waals surface area contributed by atoms with E-state index in [0.29, 0.717) is 12.3 Å². The molecule has 0 radical (unpaired) electrons. The molecular formula is C27H25FN4O5. The Morgan fingerprint density at radius 1 is 1.22 bits per heavy atom. The molecule has 1 fully saturated rings. The first kappa shape index (κ1) is 24.5. The maximum Gasteiger partial charge on any atom is 0.341 e.